The van der Waals surface area contributed by atoms with Gasteiger partial charge in [-0.3, -0.25) is 0 Å². The molecule has 0 aliphatic carbocycles. The summed E-state index contributed by atoms with van der Waals surface area (Å²) < 4.78 is 10.8. The molecule has 0 aromatic heterocycles. The normalized spacial score (nSPS) is 21.2. The summed E-state index contributed by atoms with van der Waals surface area (Å²) in [6.07, 6.45) is 2.41. The van der Waals surface area contributed by atoms with Crippen molar-refractivity contribution in [2.45, 2.75) is 31.9 Å². The maximum absolute atomic E-state index is 6.01. The van der Waals surface area contributed by atoms with Crippen LogP contribution in [0.15, 0.2) is 24.3 Å². The number of hydrogen-bond acceptors (Lipinski definition) is 4. The van der Waals surface area contributed by atoms with E-state index in [9.17, 15) is 0 Å². The van der Waals surface area contributed by atoms with E-state index in [1.807, 2.05) is 19.1 Å². The van der Waals surface area contributed by atoms with Crippen LogP contribution in [0.4, 0.5) is 5.69 Å². The van der Waals surface area contributed by atoms with Crippen molar-refractivity contribution in [2.24, 2.45) is 5.73 Å². The van der Waals surface area contributed by atoms with Crippen LogP contribution in [0.3, 0.4) is 0 Å². The summed E-state index contributed by atoms with van der Waals surface area (Å²) in [7, 11) is 1.69. The van der Waals surface area contributed by atoms with Gasteiger partial charge in [0, 0.05) is 31.9 Å². The lowest BCUT2D eigenvalue weighted by atomic mass is 10.1. The third-order valence-electron chi connectivity index (χ3n) is 3.55. The van der Waals surface area contributed by atoms with Crippen molar-refractivity contribution in [3.8, 4) is 5.75 Å². The fraction of sp³-hybridized carbons (Fsp3) is 0.600. The molecule has 0 saturated carbocycles. The van der Waals surface area contributed by atoms with Gasteiger partial charge in [0.25, 0.3) is 0 Å². The molecule has 2 unspecified atom stereocenters. The standard InChI is InChI=1S/C15H24N2O2/c1-12(18-2)11-19-15-7-5-14(6-8-15)17-9-3-4-13(16)10-17/h5-8,12-13H,3-4,9-11,16H2,1-2H3. The maximum Gasteiger partial charge on any atom is 0.119 e. The van der Waals surface area contributed by atoms with Gasteiger partial charge in [-0.15, -0.1) is 0 Å². The number of nitrogens with zero attached hydrogens (tertiary/aromatic N) is 1. The number of methoxy groups -OCH3 is 1. The Bertz CT molecular complexity index is 380. The molecule has 0 bridgehead atoms. The predicted octanol–water partition coefficient (Wildman–Crippen LogP) is 2.03. The van der Waals surface area contributed by atoms with E-state index in [4.69, 9.17) is 15.2 Å². The molecule has 2 N–H and O–H groups in total. The Labute approximate surface area is 115 Å². The minimum absolute atomic E-state index is 0.111. The van der Waals surface area contributed by atoms with Crippen LogP contribution in [0.2, 0.25) is 0 Å². The van der Waals surface area contributed by atoms with Gasteiger partial charge in [0.05, 0.1) is 6.10 Å². The van der Waals surface area contributed by atoms with Gasteiger partial charge < -0.3 is 20.1 Å². The highest BCUT2D eigenvalue weighted by Gasteiger charge is 2.16. The van der Waals surface area contributed by atoms with E-state index in [1.165, 1.54) is 12.1 Å². The Morgan fingerprint density at radius 2 is 2.11 bits per heavy atom. The van der Waals surface area contributed by atoms with E-state index in [2.05, 4.69) is 17.0 Å². The average Bonchev–Trinajstić information content (AvgIpc) is 2.45. The van der Waals surface area contributed by atoms with E-state index in [1.54, 1.807) is 7.11 Å². The minimum Gasteiger partial charge on any atom is -0.491 e. The first kappa shape index (κ1) is 14.2. The molecular formula is C15H24N2O2. The van der Waals surface area contributed by atoms with E-state index in [0.29, 0.717) is 12.6 Å². The van der Waals surface area contributed by atoms with Crippen molar-refractivity contribution >= 4 is 5.69 Å². The molecule has 19 heavy (non-hydrogen) atoms. The van der Waals surface area contributed by atoms with E-state index in [0.717, 1.165) is 25.3 Å². The SMILES string of the molecule is COC(C)COc1ccc(N2CCCC(N)C2)cc1. The highest BCUT2D eigenvalue weighted by molar-refractivity contribution is 5.49. The zero-order valence-corrected chi connectivity index (χ0v) is 11.8. The summed E-state index contributed by atoms with van der Waals surface area (Å²) in [6, 6.07) is 8.53. The number of piperidine rings is 1. The molecule has 1 saturated heterocycles. The first-order chi connectivity index (χ1) is 9.19. The van der Waals surface area contributed by atoms with Crippen LogP contribution in [0.1, 0.15) is 19.8 Å². The third-order valence-corrected chi connectivity index (χ3v) is 3.55. The summed E-state index contributed by atoms with van der Waals surface area (Å²) in [5.74, 6) is 0.883. The van der Waals surface area contributed by atoms with Gasteiger partial charge in [-0.05, 0) is 44.0 Å². The van der Waals surface area contributed by atoms with E-state index in [-0.39, 0.29) is 6.10 Å². The second-order valence-corrected chi connectivity index (χ2v) is 5.20. The minimum atomic E-state index is 0.111. The van der Waals surface area contributed by atoms with Crippen LogP contribution < -0.4 is 15.4 Å². The first-order valence-corrected chi connectivity index (χ1v) is 6.95. The number of ether oxygens (including phenoxy) is 2. The van der Waals surface area contributed by atoms with Gasteiger partial charge in [0.15, 0.2) is 0 Å². The third kappa shape index (κ3) is 4.11. The highest BCUT2D eigenvalue weighted by atomic mass is 16.5. The first-order valence-electron chi connectivity index (χ1n) is 6.95. The summed E-state index contributed by atoms with van der Waals surface area (Å²) in [5.41, 5.74) is 7.23. The van der Waals surface area contributed by atoms with Crippen molar-refractivity contribution in [3.05, 3.63) is 24.3 Å². The van der Waals surface area contributed by atoms with Gasteiger partial charge in [-0.25, -0.2) is 0 Å². The summed E-state index contributed by atoms with van der Waals surface area (Å²) in [4.78, 5) is 2.34. The van der Waals surface area contributed by atoms with Crippen LogP contribution in [-0.4, -0.2) is 39.0 Å². The molecule has 2 atom stereocenters. The van der Waals surface area contributed by atoms with Gasteiger partial charge in [-0.1, -0.05) is 0 Å². The zero-order chi connectivity index (χ0) is 13.7. The van der Waals surface area contributed by atoms with Crippen LogP contribution in [0.25, 0.3) is 0 Å². The molecule has 4 heteroatoms. The monoisotopic (exact) mass is 264 g/mol. The lowest BCUT2D eigenvalue weighted by Crippen LogP contribution is -2.42. The number of hydrogen-bond donors (Lipinski definition) is 1. The largest absolute Gasteiger partial charge is 0.491 e. The molecule has 1 aromatic carbocycles. The van der Waals surface area contributed by atoms with Gasteiger partial charge >= 0.3 is 0 Å². The van der Waals surface area contributed by atoms with Gasteiger partial charge in [0.1, 0.15) is 12.4 Å². The maximum atomic E-state index is 6.01. The predicted molar refractivity (Wildman–Crippen MR) is 77.8 cm³/mol. The molecule has 1 aliphatic rings. The Kier molecular flexibility index (Phi) is 5.05. The molecule has 0 amide bonds. The summed E-state index contributed by atoms with van der Waals surface area (Å²) >= 11 is 0. The molecule has 106 valence electrons. The topological polar surface area (TPSA) is 47.7 Å². The number of anilines is 1. The quantitative estimate of drug-likeness (QED) is 0.884. The van der Waals surface area contributed by atoms with Crippen LogP contribution >= 0.6 is 0 Å². The highest BCUT2D eigenvalue weighted by Crippen LogP contribution is 2.22. The fourth-order valence-electron chi connectivity index (χ4n) is 2.28. The Balaban J connectivity index is 1.90. The van der Waals surface area contributed by atoms with Gasteiger partial charge in [0.2, 0.25) is 0 Å². The van der Waals surface area contributed by atoms with Crippen molar-refractivity contribution in [2.75, 3.05) is 31.7 Å². The summed E-state index contributed by atoms with van der Waals surface area (Å²) in [6.45, 7) is 4.60. The lowest BCUT2D eigenvalue weighted by molar-refractivity contribution is 0.0717. The zero-order valence-electron chi connectivity index (χ0n) is 11.8. The smallest absolute Gasteiger partial charge is 0.119 e. The molecule has 0 radical (unpaired) electrons. The van der Waals surface area contributed by atoms with Crippen molar-refractivity contribution in [3.63, 3.8) is 0 Å². The van der Waals surface area contributed by atoms with E-state index < -0.39 is 0 Å². The van der Waals surface area contributed by atoms with E-state index >= 15 is 0 Å². The Morgan fingerprint density at radius 3 is 2.74 bits per heavy atom. The Hall–Kier alpha value is -1.26. The molecule has 1 aromatic rings. The second-order valence-electron chi connectivity index (χ2n) is 5.20. The molecule has 1 aliphatic heterocycles. The molecule has 4 nitrogen and oxygen atoms in total. The molecule has 2 rings (SSSR count). The van der Waals surface area contributed by atoms with Gasteiger partial charge in [-0.2, -0.15) is 0 Å². The van der Waals surface area contributed by atoms with Crippen molar-refractivity contribution in [1.29, 1.82) is 0 Å². The average molecular weight is 264 g/mol. The molecule has 1 heterocycles. The fourth-order valence-corrected chi connectivity index (χ4v) is 2.28. The number of benzene rings is 1. The van der Waals surface area contributed by atoms with Crippen molar-refractivity contribution < 1.29 is 9.47 Å². The van der Waals surface area contributed by atoms with Crippen LogP contribution in [0.5, 0.6) is 5.75 Å². The molecule has 0 spiro atoms. The van der Waals surface area contributed by atoms with Crippen LogP contribution in [0, 0.1) is 0 Å². The molecular weight excluding hydrogens is 240 g/mol. The molecule has 1 fully saturated rings. The number of nitrogens with two attached hydrogens (primary N) is 1. The van der Waals surface area contributed by atoms with Crippen LogP contribution in [-0.2, 0) is 4.74 Å². The number of rotatable bonds is 5. The lowest BCUT2D eigenvalue weighted by Gasteiger charge is -2.32. The summed E-state index contributed by atoms with van der Waals surface area (Å²) in [5, 5.41) is 0. The Morgan fingerprint density at radius 1 is 1.37 bits per heavy atom. The van der Waals surface area contributed by atoms with Crippen molar-refractivity contribution in [1.82, 2.24) is 0 Å². The second kappa shape index (κ2) is 6.78.